The minimum atomic E-state index is -0.443. The van der Waals surface area contributed by atoms with Crippen molar-refractivity contribution >= 4 is 17.4 Å². The van der Waals surface area contributed by atoms with Crippen molar-refractivity contribution in [1.29, 1.82) is 0 Å². The highest BCUT2D eigenvalue weighted by Crippen LogP contribution is 2.15. The van der Waals surface area contributed by atoms with Crippen LogP contribution in [0.4, 0.5) is 10.2 Å². The van der Waals surface area contributed by atoms with Gasteiger partial charge in [0.25, 0.3) is 0 Å². The first-order valence-corrected chi connectivity index (χ1v) is 5.88. The molecule has 1 unspecified atom stereocenters. The zero-order valence-electron chi connectivity index (χ0n) is 9.62. The summed E-state index contributed by atoms with van der Waals surface area (Å²) in [6.07, 6.45) is 1.48. The first-order chi connectivity index (χ1) is 8.15. The monoisotopic (exact) mass is 259 g/mol. The van der Waals surface area contributed by atoms with Crippen LogP contribution in [0, 0.1) is 5.82 Å². The van der Waals surface area contributed by atoms with E-state index < -0.39 is 5.82 Å². The zero-order valence-corrected chi connectivity index (χ0v) is 10.4. The molecule has 0 aliphatic carbocycles. The van der Waals surface area contributed by atoms with Gasteiger partial charge in [0.2, 0.25) is 0 Å². The minimum absolute atomic E-state index is 0.0608. The van der Waals surface area contributed by atoms with Crippen LogP contribution in [0.3, 0.4) is 0 Å². The number of anilines is 1. The van der Waals surface area contributed by atoms with Gasteiger partial charge >= 0.3 is 0 Å². The van der Waals surface area contributed by atoms with E-state index in [1.165, 1.54) is 12.3 Å². The smallest absolute Gasteiger partial charge is 0.166 e. The van der Waals surface area contributed by atoms with Gasteiger partial charge in [-0.15, -0.1) is 0 Å². The largest absolute Gasteiger partial charge is 0.374 e. The fourth-order valence-corrected chi connectivity index (χ4v) is 1.89. The number of pyridine rings is 1. The summed E-state index contributed by atoms with van der Waals surface area (Å²) in [6.45, 7) is 3.02. The minimum Gasteiger partial charge on any atom is -0.374 e. The van der Waals surface area contributed by atoms with Crippen LogP contribution >= 0.6 is 11.6 Å². The second-order valence-corrected chi connectivity index (χ2v) is 4.56. The summed E-state index contributed by atoms with van der Waals surface area (Å²) < 4.78 is 19.0. The van der Waals surface area contributed by atoms with Crippen molar-refractivity contribution < 1.29 is 9.13 Å². The van der Waals surface area contributed by atoms with Gasteiger partial charge in [0.1, 0.15) is 0 Å². The van der Waals surface area contributed by atoms with Gasteiger partial charge in [0.15, 0.2) is 11.6 Å². The summed E-state index contributed by atoms with van der Waals surface area (Å²) in [4.78, 5) is 6.08. The molecule has 1 fully saturated rings. The van der Waals surface area contributed by atoms with E-state index in [0.29, 0.717) is 18.2 Å². The van der Waals surface area contributed by atoms with E-state index in [4.69, 9.17) is 16.3 Å². The Morgan fingerprint density at radius 2 is 2.53 bits per heavy atom. The molecular formula is C11H15ClFN3O. The summed E-state index contributed by atoms with van der Waals surface area (Å²) in [6, 6.07) is 1.24. The Kier molecular flexibility index (Phi) is 4.15. The Bertz CT molecular complexity index is 391. The van der Waals surface area contributed by atoms with Crippen LogP contribution in [0.5, 0.6) is 0 Å². The number of aromatic nitrogens is 1. The third-order valence-corrected chi connectivity index (χ3v) is 2.85. The van der Waals surface area contributed by atoms with E-state index >= 15 is 0 Å². The summed E-state index contributed by atoms with van der Waals surface area (Å²) in [5, 5.41) is 3.23. The van der Waals surface area contributed by atoms with Crippen molar-refractivity contribution in [2.24, 2.45) is 0 Å². The lowest BCUT2D eigenvalue weighted by molar-refractivity contribution is -0.0117. The van der Waals surface area contributed by atoms with E-state index in [2.05, 4.69) is 15.2 Å². The number of likely N-dealkylation sites (N-methyl/N-ethyl adjacent to an activating group) is 1. The number of rotatable bonds is 3. The van der Waals surface area contributed by atoms with E-state index in [1.54, 1.807) is 0 Å². The fraction of sp³-hybridized carbons (Fsp3) is 0.545. The molecule has 1 aromatic rings. The van der Waals surface area contributed by atoms with Crippen LogP contribution in [-0.2, 0) is 4.74 Å². The molecule has 2 heterocycles. The SMILES string of the molecule is CN1CCOC(CNc2ncc(Cl)cc2F)C1. The molecular weight excluding hydrogens is 245 g/mol. The van der Waals surface area contributed by atoms with Crippen LogP contribution in [0.2, 0.25) is 5.02 Å². The molecule has 0 spiro atoms. The molecule has 1 aromatic heterocycles. The predicted molar refractivity (Wildman–Crippen MR) is 64.9 cm³/mol. The molecule has 17 heavy (non-hydrogen) atoms. The second kappa shape index (κ2) is 5.62. The molecule has 0 amide bonds. The summed E-state index contributed by atoms with van der Waals surface area (Å²) in [5.41, 5.74) is 0. The van der Waals surface area contributed by atoms with Gasteiger partial charge in [-0.25, -0.2) is 9.37 Å². The Labute approximate surface area is 105 Å². The van der Waals surface area contributed by atoms with E-state index in [1.807, 2.05) is 7.05 Å². The van der Waals surface area contributed by atoms with Gasteiger partial charge in [0.05, 0.1) is 17.7 Å². The maximum absolute atomic E-state index is 13.4. The van der Waals surface area contributed by atoms with Crippen molar-refractivity contribution in [3.8, 4) is 0 Å². The number of hydrogen-bond donors (Lipinski definition) is 1. The lowest BCUT2D eigenvalue weighted by Gasteiger charge is -2.30. The van der Waals surface area contributed by atoms with Crippen LogP contribution < -0.4 is 5.32 Å². The van der Waals surface area contributed by atoms with Crippen molar-refractivity contribution in [3.63, 3.8) is 0 Å². The third-order valence-electron chi connectivity index (χ3n) is 2.65. The zero-order chi connectivity index (χ0) is 12.3. The van der Waals surface area contributed by atoms with Crippen LogP contribution in [0.15, 0.2) is 12.3 Å². The highest BCUT2D eigenvalue weighted by molar-refractivity contribution is 6.30. The van der Waals surface area contributed by atoms with Crippen LogP contribution in [-0.4, -0.2) is 49.3 Å². The van der Waals surface area contributed by atoms with Gasteiger partial charge in [0, 0.05) is 25.8 Å². The molecule has 6 heteroatoms. The molecule has 2 rings (SSSR count). The standard InChI is InChI=1S/C11H15ClFN3O/c1-16-2-3-17-9(7-16)6-15-11-10(13)4-8(12)5-14-11/h4-5,9H,2-3,6-7H2,1H3,(H,14,15). The Morgan fingerprint density at radius 1 is 1.71 bits per heavy atom. The fourth-order valence-electron chi connectivity index (χ4n) is 1.75. The molecule has 94 valence electrons. The van der Waals surface area contributed by atoms with Crippen molar-refractivity contribution in [1.82, 2.24) is 9.88 Å². The quantitative estimate of drug-likeness (QED) is 0.895. The molecule has 1 saturated heterocycles. The molecule has 0 bridgehead atoms. The highest BCUT2D eigenvalue weighted by Gasteiger charge is 2.17. The molecule has 1 N–H and O–H groups in total. The van der Waals surface area contributed by atoms with E-state index in [-0.39, 0.29) is 11.9 Å². The number of halogens is 2. The molecule has 1 aliphatic heterocycles. The predicted octanol–water partition coefficient (Wildman–Crippen LogP) is 1.62. The van der Waals surface area contributed by atoms with Crippen molar-refractivity contribution in [2.75, 3.05) is 38.6 Å². The topological polar surface area (TPSA) is 37.4 Å². The number of nitrogens with zero attached hydrogens (tertiary/aromatic N) is 2. The highest BCUT2D eigenvalue weighted by atomic mass is 35.5. The summed E-state index contributed by atoms with van der Waals surface area (Å²) in [7, 11) is 2.04. The Balaban J connectivity index is 1.88. The van der Waals surface area contributed by atoms with Crippen LogP contribution in [0.25, 0.3) is 0 Å². The number of morpholine rings is 1. The number of nitrogens with one attached hydrogen (secondary N) is 1. The normalized spacial score (nSPS) is 21.5. The molecule has 0 saturated carbocycles. The lowest BCUT2D eigenvalue weighted by atomic mass is 10.3. The molecule has 1 aliphatic rings. The maximum atomic E-state index is 13.4. The van der Waals surface area contributed by atoms with Gasteiger partial charge in [-0.2, -0.15) is 0 Å². The average Bonchev–Trinajstić information content (AvgIpc) is 2.28. The first kappa shape index (κ1) is 12.5. The van der Waals surface area contributed by atoms with Crippen molar-refractivity contribution in [2.45, 2.75) is 6.10 Å². The Morgan fingerprint density at radius 3 is 3.24 bits per heavy atom. The molecule has 4 nitrogen and oxygen atoms in total. The van der Waals surface area contributed by atoms with Gasteiger partial charge in [-0.3, -0.25) is 0 Å². The number of ether oxygens (including phenoxy) is 1. The molecule has 0 radical (unpaired) electrons. The maximum Gasteiger partial charge on any atom is 0.166 e. The van der Waals surface area contributed by atoms with E-state index in [9.17, 15) is 4.39 Å². The number of hydrogen-bond acceptors (Lipinski definition) is 4. The van der Waals surface area contributed by atoms with Crippen LogP contribution in [0.1, 0.15) is 0 Å². The second-order valence-electron chi connectivity index (χ2n) is 4.12. The van der Waals surface area contributed by atoms with Gasteiger partial charge in [-0.1, -0.05) is 11.6 Å². The molecule has 0 aromatic carbocycles. The first-order valence-electron chi connectivity index (χ1n) is 5.50. The third kappa shape index (κ3) is 3.52. The van der Waals surface area contributed by atoms with Gasteiger partial charge in [-0.05, 0) is 13.1 Å². The summed E-state index contributed by atoms with van der Waals surface area (Å²) >= 11 is 5.62. The van der Waals surface area contributed by atoms with Crippen molar-refractivity contribution in [3.05, 3.63) is 23.1 Å². The average molecular weight is 260 g/mol. The van der Waals surface area contributed by atoms with Gasteiger partial charge < -0.3 is 15.0 Å². The summed E-state index contributed by atoms with van der Waals surface area (Å²) in [5.74, 6) is -0.229. The van der Waals surface area contributed by atoms with E-state index in [0.717, 1.165) is 13.1 Å². The Hall–Kier alpha value is -0.910. The molecule has 1 atom stereocenters. The lowest BCUT2D eigenvalue weighted by Crippen LogP contribution is -2.43.